The van der Waals surface area contributed by atoms with Gasteiger partial charge in [0, 0.05) is 12.6 Å². The van der Waals surface area contributed by atoms with Crippen LogP contribution in [-0.4, -0.2) is 24.3 Å². The van der Waals surface area contributed by atoms with Crippen molar-refractivity contribution >= 4 is 6.09 Å². The molecule has 0 heterocycles. The molecule has 0 bridgehead atoms. The number of hydrogen-bond acceptors (Lipinski definition) is 4. The van der Waals surface area contributed by atoms with E-state index in [4.69, 9.17) is 15.2 Å². The standard InChI is InChI=1S/C17H28N2O3/c1-11(2)21-15-8-7-13(9-12(15)3)14(18)10-19-16(20)22-17(4,5)6/h7-9,11,14H,10,18H2,1-6H3,(H,19,20). The third-order valence-corrected chi connectivity index (χ3v) is 2.86. The minimum atomic E-state index is -0.513. The van der Waals surface area contributed by atoms with Gasteiger partial charge in [0.2, 0.25) is 0 Å². The fourth-order valence-electron chi connectivity index (χ4n) is 1.91. The highest BCUT2D eigenvalue weighted by Gasteiger charge is 2.17. The van der Waals surface area contributed by atoms with Crippen LogP contribution in [0.2, 0.25) is 0 Å². The zero-order chi connectivity index (χ0) is 16.9. The van der Waals surface area contributed by atoms with Crippen LogP contribution in [0.5, 0.6) is 5.75 Å². The number of carbonyl (C=O) groups excluding carboxylic acids is 1. The van der Waals surface area contributed by atoms with E-state index in [2.05, 4.69) is 5.32 Å². The molecule has 1 aromatic carbocycles. The van der Waals surface area contributed by atoms with Gasteiger partial charge in [-0.25, -0.2) is 4.79 Å². The molecule has 1 aromatic rings. The topological polar surface area (TPSA) is 73.6 Å². The molecule has 124 valence electrons. The van der Waals surface area contributed by atoms with E-state index in [1.54, 1.807) is 0 Å². The van der Waals surface area contributed by atoms with Crippen molar-refractivity contribution in [2.75, 3.05) is 6.54 Å². The van der Waals surface area contributed by atoms with Crippen molar-refractivity contribution in [1.82, 2.24) is 5.32 Å². The van der Waals surface area contributed by atoms with Crippen LogP contribution in [0.25, 0.3) is 0 Å². The van der Waals surface area contributed by atoms with Crippen molar-refractivity contribution in [1.29, 1.82) is 0 Å². The third-order valence-electron chi connectivity index (χ3n) is 2.86. The summed E-state index contributed by atoms with van der Waals surface area (Å²) in [5.41, 5.74) is 7.58. The van der Waals surface area contributed by atoms with Gasteiger partial charge in [0.1, 0.15) is 11.4 Å². The molecule has 0 aliphatic rings. The Kier molecular flexibility index (Phi) is 6.23. The van der Waals surface area contributed by atoms with Gasteiger partial charge in [0.25, 0.3) is 0 Å². The summed E-state index contributed by atoms with van der Waals surface area (Å²) in [6.07, 6.45) is -0.327. The summed E-state index contributed by atoms with van der Waals surface area (Å²) in [6, 6.07) is 5.53. The van der Waals surface area contributed by atoms with Crippen LogP contribution in [0.4, 0.5) is 4.79 Å². The van der Waals surface area contributed by atoms with E-state index in [1.165, 1.54) is 0 Å². The lowest BCUT2D eigenvalue weighted by atomic mass is 10.0. The van der Waals surface area contributed by atoms with E-state index in [9.17, 15) is 4.79 Å². The van der Waals surface area contributed by atoms with E-state index < -0.39 is 11.7 Å². The van der Waals surface area contributed by atoms with Crippen LogP contribution in [0.15, 0.2) is 18.2 Å². The van der Waals surface area contributed by atoms with Crippen LogP contribution < -0.4 is 15.8 Å². The summed E-state index contributed by atoms with van der Waals surface area (Å²) in [6.45, 7) is 11.7. The highest BCUT2D eigenvalue weighted by atomic mass is 16.6. The second-order valence-corrected chi connectivity index (χ2v) is 6.68. The normalized spacial score (nSPS) is 12.9. The van der Waals surface area contributed by atoms with E-state index in [0.29, 0.717) is 6.54 Å². The zero-order valence-electron chi connectivity index (χ0n) is 14.4. The molecule has 0 radical (unpaired) electrons. The van der Waals surface area contributed by atoms with Crippen molar-refractivity contribution in [3.63, 3.8) is 0 Å². The Balaban J connectivity index is 2.61. The number of ether oxygens (including phenoxy) is 2. The first-order chi connectivity index (χ1) is 10.1. The van der Waals surface area contributed by atoms with Crippen molar-refractivity contribution in [3.8, 4) is 5.75 Å². The van der Waals surface area contributed by atoms with Gasteiger partial charge in [0.05, 0.1) is 6.10 Å². The van der Waals surface area contributed by atoms with Crippen LogP contribution in [-0.2, 0) is 4.74 Å². The summed E-state index contributed by atoms with van der Waals surface area (Å²) in [7, 11) is 0. The highest BCUT2D eigenvalue weighted by molar-refractivity contribution is 5.67. The zero-order valence-corrected chi connectivity index (χ0v) is 14.4. The first kappa shape index (κ1) is 18.3. The van der Waals surface area contributed by atoms with Crippen LogP contribution >= 0.6 is 0 Å². The van der Waals surface area contributed by atoms with E-state index in [1.807, 2.05) is 59.7 Å². The molecule has 0 saturated carbocycles. The summed E-state index contributed by atoms with van der Waals surface area (Å²) in [5, 5.41) is 2.69. The molecule has 3 N–H and O–H groups in total. The number of amides is 1. The molecular weight excluding hydrogens is 280 g/mol. The predicted octanol–water partition coefficient (Wildman–Crippen LogP) is 3.31. The number of nitrogens with one attached hydrogen (secondary N) is 1. The minimum Gasteiger partial charge on any atom is -0.491 e. The molecule has 0 aliphatic carbocycles. The smallest absolute Gasteiger partial charge is 0.407 e. The second kappa shape index (κ2) is 7.49. The molecular formula is C17H28N2O3. The highest BCUT2D eigenvalue weighted by Crippen LogP contribution is 2.22. The molecule has 22 heavy (non-hydrogen) atoms. The number of aryl methyl sites for hydroxylation is 1. The lowest BCUT2D eigenvalue weighted by Crippen LogP contribution is -2.36. The summed E-state index contributed by atoms with van der Waals surface area (Å²) >= 11 is 0. The molecule has 1 rings (SSSR count). The van der Waals surface area contributed by atoms with Crippen molar-refractivity contribution < 1.29 is 14.3 Å². The molecule has 0 spiro atoms. The Hall–Kier alpha value is -1.75. The lowest BCUT2D eigenvalue weighted by molar-refractivity contribution is 0.0524. The van der Waals surface area contributed by atoms with Crippen molar-refractivity contribution in [3.05, 3.63) is 29.3 Å². The lowest BCUT2D eigenvalue weighted by Gasteiger charge is -2.21. The average molecular weight is 308 g/mol. The summed E-state index contributed by atoms with van der Waals surface area (Å²) in [4.78, 5) is 11.6. The van der Waals surface area contributed by atoms with Gasteiger partial charge in [-0.15, -0.1) is 0 Å². The first-order valence-electron chi connectivity index (χ1n) is 7.58. The molecule has 5 heteroatoms. The summed E-state index contributed by atoms with van der Waals surface area (Å²) < 4.78 is 10.9. The average Bonchev–Trinajstić information content (AvgIpc) is 2.36. The van der Waals surface area contributed by atoms with Gasteiger partial charge in [-0.1, -0.05) is 12.1 Å². The van der Waals surface area contributed by atoms with E-state index in [0.717, 1.165) is 16.9 Å². The molecule has 1 unspecified atom stereocenters. The fraction of sp³-hybridized carbons (Fsp3) is 0.588. The number of carbonyl (C=O) groups is 1. The number of alkyl carbamates (subject to hydrolysis) is 1. The fourth-order valence-corrected chi connectivity index (χ4v) is 1.91. The van der Waals surface area contributed by atoms with Crippen LogP contribution in [0.3, 0.4) is 0 Å². The van der Waals surface area contributed by atoms with E-state index in [-0.39, 0.29) is 12.1 Å². The quantitative estimate of drug-likeness (QED) is 0.875. The van der Waals surface area contributed by atoms with Crippen molar-refractivity contribution in [2.24, 2.45) is 5.73 Å². The van der Waals surface area contributed by atoms with Gasteiger partial charge >= 0.3 is 6.09 Å². The molecule has 0 aromatic heterocycles. The Morgan fingerprint density at radius 2 is 1.95 bits per heavy atom. The largest absolute Gasteiger partial charge is 0.491 e. The number of rotatable bonds is 5. The Morgan fingerprint density at radius 1 is 1.32 bits per heavy atom. The van der Waals surface area contributed by atoms with Crippen LogP contribution in [0, 0.1) is 6.92 Å². The minimum absolute atomic E-state index is 0.132. The maximum Gasteiger partial charge on any atom is 0.407 e. The third kappa shape index (κ3) is 6.35. The van der Waals surface area contributed by atoms with Crippen LogP contribution in [0.1, 0.15) is 51.8 Å². The molecule has 0 saturated heterocycles. The molecule has 0 fully saturated rings. The van der Waals surface area contributed by atoms with Crippen molar-refractivity contribution in [2.45, 2.75) is 59.3 Å². The van der Waals surface area contributed by atoms with E-state index >= 15 is 0 Å². The Morgan fingerprint density at radius 3 is 2.45 bits per heavy atom. The monoisotopic (exact) mass is 308 g/mol. The first-order valence-corrected chi connectivity index (χ1v) is 7.58. The van der Waals surface area contributed by atoms with Gasteiger partial charge in [-0.3, -0.25) is 0 Å². The molecule has 5 nitrogen and oxygen atoms in total. The maximum atomic E-state index is 11.6. The Labute approximate surface area is 133 Å². The number of nitrogens with two attached hydrogens (primary N) is 1. The second-order valence-electron chi connectivity index (χ2n) is 6.68. The molecule has 1 atom stereocenters. The Bertz CT molecular complexity index is 507. The van der Waals surface area contributed by atoms with Gasteiger partial charge in [0.15, 0.2) is 0 Å². The molecule has 1 amide bonds. The summed E-state index contributed by atoms with van der Waals surface area (Å²) in [5.74, 6) is 0.853. The van der Waals surface area contributed by atoms with Gasteiger partial charge in [-0.05, 0) is 58.7 Å². The number of hydrogen-bond donors (Lipinski definition) is 2. The maximum absolute atomic E-state index is 11.6. The molecule has 0 aliphatic heterocycles. The van der Waals surface area contributed by atoms with Gasteiger partial charge in [-0.2, -0.15) is 0 Å². The SMILES string of the molecule is Cc1cc(C(N)CNC(=O)OC(C)(C)C)ccc1OC(C)C. The predicted molar refractivity (Wildman–Crippen MR) is 88.1 cm³/mol. The number of benzene rings is 1. The van der Waals surface area contributed by atoms with Gasteiger partial charge < -0.3 is 20.5 Å².